The van der Waals surface area contributed by atoms with Crippen LogP contribution in [-0.2, 0) is 5.75 Å². The predicted octanol–water partition coefficient (Wildman–Crippen LogP) is 6.58. The van der Waals surface area contributed by atoms with E-state index in [1.165, 1.54) is 27.3 Å². The van der Waals surface area contributed by atoms with E-state index in [0.29, 0.717) is 0 Å². The number of benzodiazepines with no additional fused rings is 1. The van der Waals surface area contributed by atoms with Gasteiger partial charge in [0.15, 0.2) is 0 Å². The van der Waals surface area contributed by atoms with Crippen molar-refractivity contribution in [3.8, 4) is 0 Å². The lowest BCUT2D eigenvalue weighted by molar-refractivity contribution is 0.897. The van der Waals surface area contributed by atoms with Gasteiger partial charge in [0, 0.05) is 40.5 Å². The first-order valence-corrected chi connectivity index (χ1v) is 11.1. The largest absolute Gasteiger partial charge is 0.372 e. The van der Waals surface area contributed by atoms with Crippen LogP contribution >= 0.6 is 23.4 Å². The molecule has 3 aromatic rings. The zero-order valence-corrected chi connectivity index (χ0v) is 18.0. The van der Waals surface area contributed by atoms with E-state index in [9.17, 15) is 0 Å². The molecule has 3 aromatic carbocycles. The van der Waals surface area contributed by atoms with Gasteiger partial charge in [-0.3, -0.25) is 4.99 Å². The Balaban J connectivity index is 1.55. The lowest BCUT2D eigenvalue weighted by Crippen LogP contribution is -2.20. The van der Waals surface area contributed by atoms with Gasteiger partial charge >= 0.3 is 0 Å². The van der Waals surface area contributed by atoms with Crippen LogP contribution in [0.15, 0.2) is 88.8 Å². The molecule has 0 aliphatic carbocycles. The van der Waals surface area contributed by atoms with Crippen LogP contribution in [-0.4, -0.2) is 25.8 Å². The first-order valence-electron chi connectivity index (χ1n) is 9.70. The van der Waals surface area contributed by atoms with Crippen LogP contribution in [0.1, 0.15) is 16.7 Å². The molecule has 0 unspecified atom stereocenters. The molecule has 1 aliphatic rings. The van der Waals surface area contributed by atoms with Crippen molar-refractivity contribution in [2.75, 3.05) is 25.0 Å². The van der Waals surface area contributed by atoms with Crippen LogP contribution in [0, 0.1) is 0 Å². The minimum atomic E-state index is 0.775. The van der Waals surface area contributed by atoms with Crippen molar-refractivity contribution in [1.29, 1.82) is 0 Å². The molecule has 0 amide bonds. The summed E-state index contributed by atoms with van der Waals surface area (Å²) in [5, 5.41) is 0.775. The number of hydrogen-bond acceptors (Lipinski definition) is 3. The maximum Gasteiger partial charge on any atom is 0.0668 e. The molecule has 1 aliphatic heterocycles. The van der Waals surface area contributed by atoms with Gasteiger partial charge < -0.3 is 4.90 Å². The molecule has 0 spiro atoms. The van der Waals surface area contributed by atoms with Crippen LogP contribution in [0.4, 0.5) is 5.69 Å². The van der Waals surface area contributed by atoms with Crippen molar-refractivity contribution in [3.05, 3.63) is 101 Å². The Morgan fingerprint density at radius 2 is 1.72 bits per heavy atom. The summed E-state index contributed by atoms with van der Waals surface area (Å²) < 4.78 is 0. The van der Waals surface area contributed by atoms with Gasteiger partial charge in [0.1, 0.15) is 0 Å². The monoisotopic (exact) mass is 418 g/mol. The second-order valence-corrected chi connectivity index (χ2v) is 8.45. The summed E-state index contributed by atoms with van der Waals surface area (Å²) >= 11 is 7.84. The SMILES string of the molecule is CN1CCN=C(/C=C/c2ccccc2SCc2ccc(Cl)cc2)c2ccccc21. The van der Waals surface area contributed by atoms with Crippen LogP contribution in [0.2, 0.25) is 5.02 Å². The number of thioether (sulfide) groups is 1. The number of aliphatic imine (C=N–C) groups is 1. The molecule has 146 valence electrons. The van der Waals surface area contributed by atoms with E-state index in [-0.39, 0.29) is 0 Å². The van der Waals surface area contributed by atoms with Gasteiger partial charge in [0.25, 0.3) is 0 Å². The van der Waals surface area contributed by atoms with E-state index in [4.69, 9.17) is 16.6 Å². The zero-order valence-electron chi connectivity index (χ0n) is 16.4. The number of anilines is 1. The van der Waals surface area contributed by atoms with E-state index in [1.54, 1.807) is 0 Å². The van der Waals surface area contributed by atoms with Crippen molar-refractivity contribution in [2.24, 2.45) is 4.99 Å². The third kappa shape index (κ3) is 4.92. The van der Waals surface area contributed by atoms with Crippen molar-refractivity contribution in [2.45, 2.75) is 10.6 Å². The molecule has 0 saturated heterocycles. The lowest BCUT2D eigenvalue weighted by atomic mass is 10.1. The second kappa shape index (κ2) is 9.34. The lowest BCUT2D eigenvalue weighted by Gasteiger charge is -2.18. The van der Waals surface area contributed by atoms with Gasteiger partial charge in [-0.25, -0.2) is 0 Å². The average molecular weight is 419 g/mol. The van der Waals surface area contributed by atoms with Crippen molar-refractivity contribution in [3.63, 3.8) is 0 Å². The number of benzene rings is 3. The third-order valence-electron chi connectivity index (χ3n) is 4.96. The summed E-state index contributed by atoms with van der Waals surface area (Å²) in [5.74, 6) is 0.913. The molecule has 0 bridgehead atoms. The van der Waals surface area contributed by atoms with Crippen LogP contribution < -0.4 is 4.90 Å². The molecule has 0 saturated carbocycles. The van der Waals surface area contributed by atoms with Crippen LogP contribution in [0.3, 0.4) is 0 Å². The number of allylic oxidation sites excluding steroid dienone is 1. The second-order valence-electron chi connectivity index (χ2n) is 6.99. The minimum absolute atomic E-state index is 0.775. The molecular formula is C25H23ClN2S. The van der Waals surface area contributed by atoms with Gasteiger partial charge in [-0.15, -0.1) is 11.8 Å². The smallest absolute Gasteiger partial charge is 0.0668 e. The summed E-state index contributed by atoms with van der Waals surface area (Å²) in [5.41, 5.74) is 5.95. The Morgan fingerprint density at radius 3 is 2.59 bits per heavy atom. The Bertz CT molecular complexity index is 1040. The average Bonchev–Trinajstić information content (AvgIpc) is 2.91. The topological polar surface area (TPSA) is 15.6 Å². The molecule has 4 rings (SSSR count). The number of rotatable bonds is 5. The molecule has 0 radical (unpaired) electrons. The van der Waals surface area contributed by atoms with E-state index in [2.05, 4.69) is 84.8 Å². The summed E-state index contributed by atoms with van der Waals surface area (Å²) in [6, 6.07) is 25.1. The quantitative estimate of drug-likeness (QED) is 0.434. The molecule has 29 heavy (non-hydrogen) atoms. The standard InChI is InChI=1S/C25H23ClN2S/c1-28-17-16-27-23(22-7-3-4-8-24(22)28)15-12-20-6-2-5-9-25(20)29-18-19-10-13-21(26)14-11-19/h2-15H,16-18H2,1H3/b15-12+. The predicted molar refractivity (Wildman–Crippen MR) is 128 cm³/mol. The van der Waals surface area contributed by atoms with Gasteiger partial charge in [0.2, 0.25) is 0 Å². The minimum Gasteiger partial charge on any atom is -0.372 e. The fourth-order valence-electron chi connectivity index (χ4n) is 3.35. The number of likely N-dealkylation sites (N-methyl/N-ethyl adjacent to an activating group) is 1. The number of para-hydroxylation sites is 1. The van der Waals surface area contributed by atoms with Gasteiger partial charge in [-0.05, 0) is 41.5 Å². The maximum atomic E-state index is 6.00. The molecule has 2 nitrogen and oxygen atoms in total. The van der Waals surface area contributed by atoms with Crippen LogP contribution in [0.25, 0.3) is 6.08 Å². The van der Waals surface area contributed by atoms with Crippen LogP contribution in [0.5, 0.6) is 0 Å². The highest BCUT2D eigenvalue weighted by Crippen LogP contribution is 2.28. The summed E-state index contributed by atoms with van der Waals surface area (Å²) in [7, 11) is 2.13. The molecule has 0 atom stereocenters. The fourth-order valence-corrected chi connectivity index (χ4v) is 4.47. The Morgan fingerprint density at radius 1 is 0.966 bits per heavy atom. The van der Waals surface area contributed by atoms with Crippen molar-refractivity contribution in [1.82, 2.24) is 0 Å². The molecule has 0 N–H and O–H groups in total. The first kappa shape index (κ1) is 19.8. The highest BCUT2D eigenvalue weighted by atomic mass is 35.5. The fraction of sp³-hybridized carbons (Fsp3) is 0.160. The van der Waals surface area contributed by atoms with Crippen molar-refractivity contribution >= 4 is 40.8 Å². The highest BCUT2D eigenvalue weighted by molar-refractivity contribution is 7.98. The number of hydrogen-bond donors (Lipinski definition) is 0. The van der Waals surface area contributed by atoms with E-state index in [1.807, 2.05) is 23.9 Å². The van der Waals surface area contributed by atoms with E-state index in [0.717, 1.165) is 29.6 Å². The molecule has 4 heteroatoms. The molecule has 0 aromatic heterocycles. The van der Waals surface area contributed by atoms with Gasteiger partial charge in [0.05, 0.1) is 12.3 Å². The Hall–Kier alpha value is -2.49. The number of halogens is 1. The number of fused-ring (bicyclic) bond motifs is 1. The van der Waals surface area contributed by atoms with E-state index >= 15 is 0 Å². The first-order chi connectivity index (χ1) is 14.2. The zero-order chi connectivity index (χ0) is 20.1. The maximum absolute atomic E-state index is 6.00. The van der Waals surface area contributed by atoms with Crippen molar-refractivity contribution < 1.29 is 0 Å². The third-order valence-corrected chi connectivity index (χ3v) is 6.37. The Kier molecular flexibility index (Phi) is 6.38. The summed E-state index contributed by atoms with van der Waals surface area (Å²) in [4.78, 5) is 8.37. The van der Waals surface area contributed by atoms with Gasteiger partial charge in [-0.2, -0.15) is 0 Å². The highest BCUT2D eigenvalue weighted by Gasteiger charge is 2.13. The Labute approximate surface area is 181 Å². The number of nitrogens with zero attached hydrogens (tertiary/aromatic N) is 2. The molecule has 0 fully saturated rings. The molecular weight excluding hydrogens is 396 g/mol. The summed E-state index contributed by atoms with van der Waals surface area (Å²) in [6.45, 7) is 1.74. The summed E-state index contributed by atoms with van der Waals surface area (Å²) in [6.07, 6.45) is 4.34. The molecule has 1 heterocycles. The van der Waals surface area contributed by atoms with Gasteiger partial charge in [-0.1, -0.05) is 66.2 Å². The van der Waals surface area contributed by atoms with E-state index < -0.39 is 0 Å². The normalized spacial score (nSPS) is 13.9.